The number of hydrogen-bond acceptors (Lipinski definition) is 3. The molecule has 23 heavy (non-hydrogen) atoms. The molecule has 0 fully saturated rings. The summed E-state index contributed by atoms with van der Waals surface area (Å²) in [5.41, 5.74) is 9.27. The molecular weight excluding hydrogens is 312 g/mol. The minimum absolute atomic E-state index is 0.138. The molecule has 4 N–H and O–H groups in total. The van der Waals surface area contributed by atoms with E-state index in [-0.39, 0.29) is 11.7 Å². The van der Waals surface area contributed by atoms with Crippen molar-refractivity contribution in [1.29, 1.82) is 0 Å². The van der Waals surface area contributed by atoms with Gasteiger partial charge in [0.2, 0.25) is 0 Å². The maximum atomic E-state index is 9.71. The zero-order chi connectivity index (χ0) is 16.4. The number of nitrogens with two attached hydrogens (primary N) is 1. The van der Waals surface area contributed by atoms with E-state index >= 15 is 0 Å². The number of H-pyrrole nitrogens is 1. The Labute approximate surface area is 139 Å². The van der Waals surface area contributed by atoms with Gasteiger partial charge in [-0.2, -0.15) is 0 Å². The van der Waals surface area contributed by atoms with Crippen LogP contribution >= 0.6 is 11.6 Å². The second-order valence-corrected chi connectivity index (χ2v) is 6.01. The highest BCUT2D eigenvalue weighted by molar-refractivity contribution is 6.31. The Hall–Kier alpha value is -2.17. The molecule has 120 valence electrons. The number of benzene rings is 2. The summed E-state index contributed by atoms with van der Waals surface area (Å²) in [6.45, 7) is 0.517. The van der Waals surface area contributed by atoms with Crippen molar-refractivity contribution in [3.63, 3.8) is 0 Å². The average molecular weight is 331 g/mol. The number of phenolic OH excluding ortho intramolecular Hbond substituents is 1. The lowest BCUT2D eigenvalue weighted by atomic mass is 9.91. The number of nitrogens with one attached hydrogen (secondary N) is 1. The summed E-state index contributed by atoms with van der Waals surface area (Å²) in [6, 6.07) is 11.2. The second kappa shape index (κ2) is 6.52. The number of aromatic hydroxyl groups is 1. The first-order chi connectivity index (χ1) is 11.1. The highest BCUT2D eigenvalue weighted by Crippen LogP contribution is 2.32. The van der Waals surface area contributed by atoms with Gasteiger partial charge in [0, 0.05) is 28.0 Å². The molecule has 0 saturated heterocycles. The van der Waals surface area contributed by atoms with E-state index in [0.29, 0.717) is 17.3 Å². The molecule has 1 atom stereocenters. The first-order valence-electron chi connectivity index (χ1n) is 7.45. The van der Waals surface area contributed by atoms with Crippen LogP contribution in [0.2, 0.25) is 5.02 Å². The maximum Gasteiger partial charge on any atom is 0.160 e. The highest BCUT2D eigenvalue weighted by Gasteiger charge is 2.16. The summed E-state index contributed by atoms with van der Waals surface area (Å²) in [6.07, 6.45) is 2.75. The van der Waals surface area contributed by atoms with Crippen LogP contribution in [-0.2, 0) is 6.42 Å². The monoisotopic (exact) mass is 330 g/mol. The van der Waals surface area contributed by atoms with Gasteiger partial charge in [-0.15, -0.1) is 0 Å². The zero-order valence-electron chi connectivity index (χ0n) is 12.8. The van der Waals surface area contributed by atoms with Crippen molar-refractivity contribution in [2.45, 2.75) is 12.3 Å². The topological polar surface area (TPSA) is 71.3 Å². The normalized spacial score (nSPS) is 12.5. The molecular formula is C18H19ClN2O2. The molecule has 0 saturated carbocycles. The summed E-state index contributed by atoms with van der Waals surface area (Å²) >= 11 is 6.12. The fraction of sp³-hybridized carbons (Fsp3) is 0.222. The summed E-state index contributed by atoms with van der Waals surface area (Å²) in [7, 11) is 1.54. The maximum absolute atomic E-state index is 9.71. The molecule has 0 amide bonds. The lowest BCUT2D eigenvalue weighted by molar-refractivity contribution is 0.373. The van der Waals surface area contributed by atoms with E-state index in [9.17, 15) is 5.11 Å². The number of aromatic nitrogens is 1. The van der Waals surface area contributed by atoms with Gasteiger partial charge in [0.1, 0.15) is 0 Å². The Kier molecular flexibility index (Phi) is 4.46. The zero-order valence-corrected chi connectivity index (χ0v) is 13.6. The van der Waals surface area contributed by atoms with Gasteiger partial charge in [0.05, 0.1) is 7.11 Å². The summed E-state index contributed by atoms with van der Waals surface area (Å²) in [5.74, 6) is 0.760. The fourth-order valence-electron chi connectivity index (χ4n) is 2.91. The minimum atomic E-state index is 0.138. The third-order valence-electron chi connectivity index (χ3n) is 4.13. The van der Waals surface area contributed by atoms with Crippen molar-refractivity contribution in [3.8, 4) is 11.5 Å². The van der Waals surface area contributed by atoms with E-state index in [2.05, 4.69) is 4.98 Å². The highest BCUT2D eigenvalue weighted by atomic mass is 35.5. The number of hydrogen-bond donors (Lipinski definition) is 3. The van der Waals surface area contributed by atoms with Crippen LogP contribution in [-0.4, -0.2) is 23.7 Å². The van der Waals surface area contributed by atoms with Crippen LogP contribution in [0.4, 0.5) is 0 Å². The third kappa shape index (κ3) is 3.14. The van der Waals surface area contributed by atoms with Gasteiger partial charge in [-0.3, -0.25) is 0 Å². The first kappa shape index (κ1) is 15.7. The molecule has 4 nitrogen and oxygen atoms in total. The van der Waals surface area contributed by atoms with Crippen LogP contribution in [0, 0.1) is 0 Å². The number of phenols is 1. The van der Waals surface area contributed by atoms with Crippen molar-refractivity contribution in [2.24, 2.45) is 5.73 Å². The molecule has 3 aromatic rings. The number of aromatic amines is 1. The van der Waals surface area contributed by atoms with Crippen molar-refractivity contribution in [2.75, 3.05) is 13.7 Å². The van der Waals surface area contributed by atoms with Crippen LogP contribution in [0.15, 0.2) is 42.6 Å². The largest absolute Gasteiger partial charge is 0.504 e. The van der Waals surface area contributed by atoms with Gasteiger partial charge < -0.3 is 20.6 Å². The van der Waals surface area contributed by atoms with Crippen LogP contribution in [0.3, 0.4) is 0 Å². The average Bonchev–Trinajstić information content (AvgIpc) is 2.97. The van der Waals surface area contributed by atoms with Crippen LogP contribution in [0.1, 0.15) is 17.0 Å². The minimum Gasteiger partial charge on any atom is -0.504 e. The van der Waals surface area contributed by atoms with E-state index < -0.39 is 0 Å². The van der Waals surface area contributed by atoms with E-state index in [1.165, 1.54) is 0 Å². The third-order valence-corrected chi connectivity index (χ3v) is 4.36. The molecule has 3 rings (SSSR count). The number of halogens is 1. The molecule has 1 unspecified atom stereocenters. The molecule has 1 aromatic heterocycles. The standard InChI is InChI=1S/C18H19ClN2O2/c1-23-18-7-11(2-5-17(18)22)6-12(9-20)15-10-21-16-4-3-13(19)8-14(15)16/h2-5,7-8,10,12,21-22H,6,9,20H2,1H3. The summed E-state index contributed by atoms with van der Waals surface area (Å²) < 4.78 is 5.17. The molecule has 2 aromatic carbocycles. The van der Waals surface area contributed by atoms with Gasteiger partial charge in [-0.1, -0.05) is 17.7 Å². The van der Waals surface area contributed by atoms with Crippen molar-refractivity contribution in [3.05, 3.63) is 58.7 Å². The van der Waals surface area contributed by atoms with Crippen LogP contribution in [0.5, 0.6) is 11.5 Å². The van der Waals surface area contributed by atoms with Crippen molar-refractivity contribution >= 4 is 22.5 Å². The number of methoxy groups -OCH3 is 1. The van der Waals surface area contributed by atoms with Crippen LogP contribution < -0.4 is 10.5 Å². The van der Waals surface area contributed by atoms with E-state index in [4.69, 9.17) is 22.1 Å². The Morgan fingerprint density at radius 1 is 1.26 bits per heavy atom. The Morgan fingerprint density at radius 2 is 2.09 bits per heavy atom. The Balaban J connectivity index is 1.94. The van der Waals surface area contributed by atoms with E-state index in [1.54, 1.807) is 13.2 Å². The van der Waals surface area contributed by atoms with Gasteiger partial charge in [-0.25, -0.2) is 0 Å². The van der Waals surface area contributed by atoms with Gasteiger partial charge in [0.15, 0.2) is 11.5 Å². The van der Waals surface area contributed by atoms with Crippen molar-refractivity contribution < 1.29 is 9.84 Å². The van der Waals surface area contributed by atoms with Gasteiger partial charge >= 0.3 is 0 Å². The van der Waals surface area contributed by atoms with Crippen molar-refractivity contribution in [1.82, 2.24) is 4.98 Å². The molecule has 1 heterocycles. The molecule has 0 bridgehead atoms. The SMILES string of the molecule is COc1cc(CC(CN)c2c[nH]c3ccc(Cl)cc23)ccc1O. The fourth-order valence-corrected chi connectivity index (χ4v) is 3.08. The lowest BCUT2D eigenvalue weighted by Crippen LogP contribution is -2.14. The van der Waals surface area contributed by atoms with Gasteiger partial charge in [0.25, 0.3) is 0 Å². The van der Waals surface area contributed by atoms with Gasteiger partial charge in [-0.05, 0) is 54.4 Å². The second-order valence-electron chi connectivity index (χ2n) is 5.58. The molecule has 0 spiro atoms. The van der Waals surface area contributed by atoms with E-state index in [1.807, 2.05) is 36.5 Å². The van der Waals surface area contributed by atoms with Crippen LogP contribution in [0.25, 0.3) is 10.9 Å². The number of ether oxygens (including phenoxy) is 1. The molecule has 5 heteroatoms. The molecule has 0 aliphatic heterocycles. The molecule has 0 aliphatic rings. The predicted molar refractivity (Wildman–Crippen MR) is 93.5 cm³/mol. The smallest absolute Gasteiger partial charge is 0.160 e. The number of fused-ring (bicyclic) bond motifs is 1. The lowest BCUT2D eigenvalue weighted by Gasteiger charge is -2.15. The summed E-state index contributed by atoms with van der Waals surface area (Å²) in [5, 5.41) is 11.5. The Morgan fingerprint density at radius 3 is 2.83 bits per heavy atom. The molecule has 0 radical (unpaired) electrons. The first-order valence-corrected chi connectivity index (χ1v) is 7.82. The Bertz CT molecular complexity index is 829. The summed E-state index contributed by atoms with van der Waals surface area (Å²) in [4.78, 5) is 3.27. The molecule has 0 aliphatic carbocycles. The number of rotatable bonds is 5. The quantitative estimate of drug-likeness (QED) is 0.666. The predicted octanol–water partition coefficient (Wildman–Crippen LogP) is 3.82. The van der Waals surface area contributed by atoms with E-state index in [0.717, 1.165) is 28.5 Å².